The fourth-order valence-corrected chi connectivity index (χ4v) is 2.79. The van der Waals surface area contributed by atoms with Crippen LogP contribution in [-0.2, 0) is 15.8 Å². The number of esters is 1. The first kappa shape index (κ1) is 22.0. The van der Waals surface area contributed by atoms with Crippen LogP contribution in [0, 0.1) is 0 Å². The normalized spacial score (nSPS) is 11.5. The van der Waals surface area contributed by atoms with Crippen molar-refractivity contribution in [2.75, 3.05) is 7.11 Å². The molecule has 3 rings (SSSR count). The Morgan fingerprint density at radius 3 is 2.45 bits per heavy atom. The lowest BCUT2D eigenvalue weighted by Gasteiger charge is -2.07. The second-order valence-electron chi connectivity index (χ2n) is 5.98. The van der Waals surface area contributed by atoms with Gasteiger partial charge >= 0.3 is 18.1 Å². The minimum Gasteiger partial charge on any atom is -0.464 e. The highest BCUT2D eigenvalue weighted by Gasteiger charge is 2.31. The summed E-state index contributed by atoms with van der Waals surface area (Å²) >= 11 is 6.30. The van der Waals surface area contributed by atoms with E-state index in [-0.39, 0.29) is 22.0 Å². The summed E-state index contributed by atoms with van der Waals surface area (Å²) in [6, 6.07) is 12.3. The van der Waals surface area contributed by atoms with E-state index in [1.165, 1.54) is 4.68 Å². The number of hydrogen-bond donors (Lipinski definition) is 0. The van der Waals surface area contributed by atoms with Gasteiger partial charge < -0.3 is 9.57 Å². The largest absolute Gasteiger partial charge is 0.464 e. The Bertz CT molecular complexity index is 1140. The van der Waals surface area contributed by atoms with Gasteiger partial charge in [-0.15, -0.1) is 0 Å². The highest BCUT2D eigenvalue weighted by molar-refractivity contribution is 6.33. The molecule has 0 unspecified atom stereocenters. The highest BCUT2D eigenvalue weighted by atomic mass is 35.5. The summed E-state index contributed by atoms with van der Waals surface area (Å²) in [5.41, 5.74) is -1.03. The number of rotatable bonds is 5. The molecule has 0 aliphatic carbocycles. The van der Waals surface area contributed by atoms with Crippen LogP contribution in [0.25, 0.3) is 5.69 Å². The van der Waals surface area contributed by atoms with Crippen molar-refractivity contribution in [1.82, 2.24) is 9.78 Å². The number of para-hydroxylation sites is 1. The molecule has 0 saturated carbocycles. The number of oxime groups is 1. The molecule has 0 amide bonds. The molecule has 7 nitrogen and oxygen atoms in total. The average Bonchev–Trinajstić information content (AvgIpc) is 3.09. The molecule has 1 aromatic heterocycles. The van der Waals surface area contributed by atoms with Crippen molar-refractivity contribution >= 4 is 29.8 Å². The van der Waals surface area contributed by atoms with Crippen molar-refractivity contribution in [3.05, 3.63) is 82.1 Å². The number of methoxy groups -OCH3 is 1. The maximum atomic E-state index is 12.8. The Balaban J connectivity index is 1.87. The lowest BCUT2D eigenvalue weighted by atomic mass is 10.1. The standard InChI is InChI=1S/C20H13ClF3N3O4/c1-30-19(29)16-15(17(21)27(26-16)14-8-3-2-4-9-14)11-25-31-18(28)12-6-5-7-13(10-12)20(22,23)24/h2-11H,1H3/b25-11+. The molecule has 2 aromatic carbocycles. The number of benzene rings is 2. The predicted molar refractivity (Wildman–Crippen MR) is 104 cm³/mol. The maximum Gasteiger partial charge on any atom is 0.416 e. The third kappa shape index (κ3) is 4.92. The molecule has 0 spiro atoms. The van der Waals surface area contributed by atoms with Gasteiger partial charge in [0.1, 0.15) is 5.15 Å². The number of alkyl halides is 3. The van der Waals surface area contributed by atoms with Gasteiger partial charge in [-0.25, -0.2) is 14.3 Å². The molecule has 0 atom stereocenters. The van der Waals surface area contributed by atoms with E-state index < -0.39 is 23.7 Å². The molecule has 31 heavy (non-hydrogen) atoms. The Labute approximate surface area is 178 Å². The molecule has 0 radical (unpaired) electrons. The van der Waals surface area contributed by atoms with Crippen LogP contribution in [0.4, 0.5) is 13.2 Å². The summed E-state index contributed by atoms with van der Waals surface area (Å²) < 4.78 is 44.3. The number of carbonyl (C=O) groups is 2. The van der Waals surface area contributed by atoms with Crippen molar-refractivity contribution < 1.29 is 32.3 Å². The topological polar surface area (TPSA) is 82.8 Å². The van der Waals surface area contributed by atoms with Crippen LogP contribution in [0.1, 0.15) is 32.0 Å². The lowest BCUT2D eigenvalue weighted by Crippen LogP contribution is -2.08. The first-order chi connectivity index (χ1) is 14.7. The molecule has 0 fully saturated rings. The van der Waals surface area contributed by atoms with Crippen LogP contribution in [0.15, 0.2) is 59.8 Å². The quantitative estimate of drug-likeness (QED) is 0.246. The zero-order valence-corrected chi connectivity index (χ0v) is 16.5. The second kappa shape index (κ2) is 9.00. The molecular weight excluding hydrogens is 439 g/mol. The van der Waals surface area contributed by atoms with Gasteiger partial charge in [-0.05, 0) is 30.3 Å². The molecular formula is C20H13ClF3N3O4. The molecule has 0 N–H and O–H groups in total. The van der Waals surface area contributed by atoms with Crippen molar-refractivity contribution in [1.29, 1.82) is 0 Å². The molecule has 11 heteroatoms. The van der Waals surface area contributed by atoms with Crippen LogP contribution in [0.2, 0.25) is 5.15 Å². The van der Waals surface area contributed by atoms with Crippen molar-refractivity contribution in [2.45, 2.75) is 6.18 Å². The number of halogens is 4. The van der Waals surface area contributed by atoms with E-state index in [0.29, 0.717) is 11.8 Å². The highest BCUT2D eigenvalue weighted by Crippen LogP contribution is 2.29. The van der Waals surface area contributed by atoms with Gasteiger partial charge in [0, 0.05) is 0 Å². The van der Waals surface area contributed by atoms with Gasteiger partial charge in [-0.3, -0.25) is 0 Å². The number of aromatic nitrogens is 2. The molecule has 0 aliphatic rings. The number of hydrogen-bond acceptors (Lipinski definition) is 6. The maximum absolute atomic E-state index is 12.8. The lowest BCUT2D eigenvalue weighted by molar-refractivity contribution is -0.137. The summed E-state index contributed by atoms with van der Waals surface area (Å²) in [6.07, 6.45) is -3.67. The predicted octanol–water partition coefficient (Wildman–Crippen LogP) is 4.52. The van der Waals surface area contributed by atoms with E-state index in [9.17, 15) is 22.8 Å². The van der Waals surface area contributed by atoms with Crippen LogP contribution < -0.4 is 0 Å². The number of ether oxygens (including phenoxy) is 1. The fourth-order valence-electron chi connectivity index (χ4n) is 2.51. The molecule has 0 saturated heterocycles. The van der Waals surface area contributed by atoms with Crippen LogP contribution >= 0.6 is 11.6 Å². The molecule has 0 bridgehead atoms. The van der Waals surface area contributed by atoms with Crippen LogP contribution in [-0.4, -0.2) is 35.0 Å². The number of nitrogens with zero attached hydrogens (tertiary/aromatic N) is 3. The third-order valence-electron chi connectivity index (χ3n) is 3.99. The Kier molecular flexibility index (Phi) is 6.40. The summed E-state index contributed by atoms with van der Waals surface area (Å²) in [5, 5.41) is 7.53. The average molecular weight is 452 g/mol. The third-order valence-corrected chi connectivity index (χ3v) is 4.35. The Hall–Kier alpha value is -3.66. The van der Waals surface area contributed by atoms with Gasteiger partial charge in [0.15, 0.2) is 5.69 Å². The molecule has 160 valence electrons. The van der Waals surface area contributed by atoms with E-state index in [4.69, 9.17) is 11.6 Å². The zero-order valence-electron chi connectivity index (χ0n) is 15.8. The van der Waals surface area contributed by atoms with E-state index in [2.05, 4.69) is 19.8 Å². The summed E-state index contributed by atoms with van der Waals surface area (Å²) in [7, 11) is 1.15. The van der Waals surface area contributed by atoms with Gasteiger partial charge in [0.25, 0.3) is 0 Å². The van der Waals surface area contributed by atoms with Gasteiger partial charge in [-0.1, -0.05) is 41.0 Å². The smallest absolute Gasteiger partial charge is 0.416 e. The SMILES string of the molecule is COC(=O)c1nn(-c2ccccc2)c(Cl)c1/C=N/OC(=O)c1cccc(C(F)(F)F)c1. The first-order valence-electron chi connectivity index (χ1n) is 8.56. The van der Waals surface area contributed by atoms with Gasteiger partial charge in [0.05, 0.1) is 35.7 Å². The van der Waals surface area contributed by atoms with Crippen LogP contribution in [0.5, 0.6) is 0 Å². The monoisotopic (exact) mass is 451 g/mol. The van der Waals surface area contributed by atoms with E-state index in [1.807, 2.05) is 0 Å². The molecule has 1 heterocycles. The summed E-state index contributed by atoms with van der Waals surface area (Å²) in [5.74, 6) is -1.95. The fraction of sp³-hybridized carbons (Fsp3) is 0.100. The van der Waals surface area contributed by atoms with Crippen molar-refractivity contribution in [3.63, 3.8) is 0 Å². The van der Waals surface area contributed by atoms with E-state index in [1.54, 1.807) is 30.3 Å². The van der Waals surface area contributed by atoms with Crippen LogP contribution in [0.3, 0.4) is 0 Å². The minimum atomic E-state index is -4.62. The molecule has 0 aliphatic heterocycles. The van der Waals surface area contributed by atoms with E-state index >= 15 is 0 Å². The van der Waals surface area contributed by atoms with Crippen molar-refractivity contribution in [3.8, 4) is 5.69 Å². The Morgan fingerprint density at radius 1 is 1.10 bits per heavy atom. The van der Waals surface area contributed by atoms with Gasteiger partial charge in [-0.2, -0.15) is 18.3 Å². The van der Waals surface area contributed by atoms with Crippen molar-refractivity contribution in [2.24, 2.45) is 5.16 Å². The van der Waals surface area contributed by atoms with E-state index in [0.717, 1.165) is 31.5 Å². The van der Waals surface area contributed by atoms with Gasteiger partial charge in [0.2, 0.25) is 0 Å². The number of carbonyl (C=O) groups excluding carboxylic acids is 2. The first-order valence-corrected chi connectivity index (χ1v) is 8.94. The second-order valence-corrected chi connectivity index (χ2v) is 6.34. The Morgan fingerprint density at radius 2 is 1.81 bits per heavy atom. The molecule has 3 aromatic rings. The summed E-state index contributed by atoms with van der Waals surface area (Å²) in [6.45, 7) is 0. The summed E-state index contributed by atoms with van der Waals surface area (Å²) in [4.78, 5) is 28.8. The zero-order chi connectivity index (χ0) is 22.6. The minimum absolute atomic E-state index is 0.00536.